The molecule has 0 bridgehead atoms. The highest BCUT2D eigenvalue weighted by Crippen LogP contribution is 2.43. The number of anilines is 2. The minimum atomic E-state index is -0.174. The van der Waals surface area contributed by atoms with Crippen LogP contribution in [0.15, 0.2) is 42.2 Å². The third-order valence-electron chi connectivity index (χ3n) is 4.42. The van der Waals surface area contributed by atoms with E-state index in [0.29, 0.717) is 0 Å². The second-order valence-electron chi connectivity index (χ2n) is 6.37. The molecule has 0 unspecified atom stereocenters. The van der Waals surface area contributed by atoms with E-state index < -0.39 is 0 Å². The molecule has 0 aromatic heterocycles. The van der Waals surface area contributed by atoms with E-state index in [1.54, 1.807) is 0 Å². The van der Waals surface area contributed by atoms with Gasteiger partial charge in [0.25, 0.3) is 0 Å². The van der Waals surface area contributed by atoms with E-state index in [4.69, 9.17) is 4.74 Å². The fourth-order valence-corrected chi connectivity index (χ4v) is 9.42. The lowest BCUT2D eigenvalue weighted by atomic mass is 10.3. The molecule has 0 spiro atoms. The molecule has 9 heteroatoms. The Morgan fingerprint density at radius 2 is 1.25 bits per heavy atom. The molecule has 1 heterocycles. The highest BCUT2D eigenvalue weighted by molar-refractivity contribution is 14.1. The Morgan fingerprint density at radius 1 is 0.857 bits per heavy atom. The number of hydrogen-bond acceptors (Lipinski definition) is 3. The molecule has 0 atom stereocenters. The number of ether oxygens (including phenoxy) is 1. The molecule has 3 nitrogen and oxygen atoms in total. The number of benzene rings is 2. The third kappa shape index (κ3) is 5.40. The van der Waals surface area contributed by atoms with Crippen LogP contribution in [-0.4, -0.2) is 26.0 Å². The molecule has 0 aliphatic carbocycles. The van der Waals surface area contributed by atoms with Gasteiger partial charge in [0.1, 0.15) is 0 Å². The molecule has 0 radical (unpaired) electrons. The zero-order valence-electron chi connectivity index (χ0n) is 15.0. The van der Waals surface area contributed by atoms with Crippen molar-refractivity contribution in [2.45, 2.75) is 26.1 Å². The van der Waals surface area contributed by atoms with Gasteiger partial charge in [0.15, 0.2) is 0 Å². The molecule has 1 saturated heterocycles. The fourth-order valence-electron chi connectivity index (χ4n) is 3.18. The van der Waals surface area contributed by atoms with E-state index in [-0.39, 0.29) is 6.35 Å². The van der Waals surface area contributed by atoms with Gasteiger partial charge >= 0.3 is 0 Å². The summed E-state index contributed by atoms with van der Waals surface area (Å²) in [7, 11) is 0. The Kier molecular flexibility index (Phi) is 9.27. The Labute approximate surface area is 227 Å². The summed E-state index contributed by atoms with van der Waals surface area (Å²) in [4.78, 5) is 4.66. The average Bonchev–Trinajstić information content (AvgIpc) is 2.97. The highest BCUT2D eigenvalue weighted by Gasteiger charge is 2.37. The average molecular weight is 864 g/mol. The van der Waals surface area contributed by atoms with Crippen molar-refractivity contribution in [3.63, 3.8) is 0 Å². The quantitative estimate of drug-likeness (QED) is 0.215. The number of rotatable bonds is 6. The predicted molar refractivity (Wildman–Crippen MR) is 148 cm³/mol. The molecule has 1 aliphatic rings. The summed E-state index contributed by atoms with van der Waals surface area (Å²) in [6, 6.07) is 8.57. The van der Waals surface area contributed by atoms with E-state index in [1.807, 2.05) is 0 Å². The maximum atomic E-state index is 6.42. The number of hydrogen-bond donors (Lipinski definition) is 0. The molecule has 0 amide bonds. The zero-order chi connectivity index (χ0) is 20.4. The van der Waals surface area contributed by atoms with Crippen molar-refractivity contribution >= 4 is 120 Å². The van der Waals surface area contributed by atoms with Crippen molar-refractivity contribution in [3.8, 4) is 0 Å². The smallest absolute Gasteiger partial charge is 0.210 e. The summed E-state index contributed by atoms with van der Waals surface area (Å²) in [5.41, 5.74) is 2.25. The van der Waals surface area contributed by atoms with E-state index in [9.17, 15) is 0 Å². The van der Waals surface area contributed by atoms with Gasteiger partial charge in [-0.05, 0) is 140 Å². The molecule has 28 heavy (non-hydrogen) atoms. The minimum absolute atomic E-state index is 0.174. The van der Waals surface area contributed by atoms with Crippen LogP contribution in [0.4, 0.5) is 11.4 Å². The lowest BCUT2D eigenvalue weighted by Gasteiger charge is -2.34. The third-order valence-corrected chi connectivity index (χ3v) is 8.08. The maximum Gasteiger partial charge on any atom is 0.210 e. The summed E-state index contributed by atoms with van der Waals surface area (Å²) >= 11 is 19.7. The maximum absolute atomic E-state index is 6.42. The molecule has 3 rings (SSSR count). The molecule has 1 aliphatic heterocycles. The van der Waals surface area contributed by atoms with E-state index in [0.717, 1.165) is 61.8 Å². The summed E-state index contributed by atoms with van der Waals surface area (Å²) in [5, 5.41) is 0. The van der Waals surface area contributed by atoms with Crippen LogP contribution in [0.2, 0.25) is 0 Å². The van der Waals surface area contributed by atoms with Crippen molar-refractivity contribution in [2.24, 2.45) is 0 Å². The first-order valence-corrected chi connectivity index (χ1v) is 14.1. The number of halogens is 6. The van der Waals surface area contributed by atoms with Crippen LogP contribution in [0.3, 0.4) is 0 Å². The van der Waals surface area contributed by atoms with Crippen LogP contribution in [-0.2, 0) is 4.74 Å². The normalized spacial score (nSPS) is 15.0. The van der Waals surface area contributed by atoms with Crippen molar-refractivity contribution in [1.29, 1.82) is 0 Å². The van der Waals surface area contributed by atoms with Gasteiger partial charge in [-0.25, -0.2) is 0 Å². The first-order valence-electron chi connectivity index (χ1n) is 8.77. The van der Waals surface area contributed by atoms with Crippen molar-refractivity contribution < 1.29 is 4.74 Å². The Morgan fingerprint density at radius 3 is 1.61 bits per heavy atom. The van der Waals surface area contributed by atoms with Crippen LogP contribution in [0, 0.1) is 7.14 Å². The first kappa shape index (κ1) is 24.0. The lowest BCUT2D eigenvalue weighted by molar-refractivity contribution is 0.0605. The van der Waals surface area contributed by atoms with Crippen LogP contribution in [0.1, 0.15) is 19.8 Å². The topological polar surface area (TPSA) is 15.7 Å². The van der Waals surface area contributed by atoms with Crippen LogP contribution < -0.4 is 9.80 Å². The van der Waals surface area contributed by atoms with Crippen molar-refractivity contribution in [3.05, 3.63) is 49.3 Å². The summed E-state index contributed by atoms with van der Waals surface area (Å²) in [6.45, 7) is 4.67. The van der Waals surface area contributed by atoms with Crippen LogP contribution in [0.5, 0.6) is 0 Å². The predicted octanol–water partition coefficient (Wildman–Crippen LogP) is 8.37. The second kappa shape index (κ2) is 10.8. The van der Waals surface area contributed by atoms with Crippen molar-refractivity contribution in [1.82, 2.24) is 0 Å². The molecule has 1 fully saturated rings. The SMILES string of the molecule is CCCCOC1N(c2c(Br)cc(I)cc2Br)CCN1c1c(Br)cc(I)cc1Br. The molecule has 2 aromatic carbocycles. The zero-order valence-corrected chi connectivity index (χ0v) is 25.7. The second-order valence-corrected chi connectivity index (χ2v) is 12.3. The van der Waals surface area contributed by atoms with E-state index in [2.05, 4.69) is 150 Å². The fraction of sp³-hybridized carbons (Fsp3) is 0.368. The summed E-state index contributed by atoms with van der Waals surface area (Å²) < 4.78 is 13.1. The molecule has 0 saturated carbocycles. The Bertz CT molecular complexity index is 756. The van der Waals surface area contributed by atoms with Gasteiger partial charge in [-0.3, -0.25) is 0 Å². The van der Waals surface area contributed by atoms with Gasteiger partial charge in [0.2, 0.25) is 6.35 Å². The van der Waals surface area contributed by atoms with Gasteiger partial charge in [-0.15, -0.1) is 0 Å². The standard InChI is InChI=1S/C19H18Br4I2N2O/c1-2-3-6-28-19-26(17-13(20)7-11(24)8-14(17)21)4-5-27(19)18-15(22)9-12(25)10-16(18)23/h7-10,19H,2-6H2,1H3. The van der Waals surface area contributed by atoms with Crippen molar-refractivity contribution in [2.75, 3.05) is 29.5 Å². The van der Waals surface area contributed by atoms with Gasteiger partial charge in [0.05, 0.1) is 18.0 Å². The summed E-state index contributed by atoms with van der Waals surface area (Å²) in [5.74, 6) is 0. The molecule has 0 N–H and O–H groups in total. The van der Waals surface area contributed by atoms with Crippen LogP contribution >= 0.6 is 109 Å². The summed E-state index contributed by atoms with van der Waals surface area (Å²) in [6.07, 6.45) is 1.98. The Hall–Kier alpha value is 1.38. The minimum Gasteiger partial charge on any atom is -0.340 e. The molecule has 2 aromatic rings. The lowest BCUT2D eigenvalue weighted by Crippen LogP contribution is -2.42. The van der Waals surface area contributed by atoms with Gasteiger partial charge in [-0.2, -0.15) is 0 Å². The number of unbranched alkanes of at least 4 members (excludes halogenated alkanes) is 1. The molecular weight excluding hydrogens is 846 g/mol. The number of nitrogens with zero attached hydrogens (tertiary/aromatic N) is 2. The van der Waals surface area contributed by atoms with E-state index in [1.165, 1.54) is 7.14 Å². The van der Waals surface area contributed by atoms with Gasteiger partial charge in [-0.1, -0.05) is 13.3 Å². The van der Waals surface area contributed by atoms with Crippen LogP contribution in [0.25, 0.3) is 0 Å². The largest absolute Gasteiger partial charge is 0.340 e. The molecule has 152 valence electrons. The van der Waals surface area contributed by atoms with Gasteiger partial charge in [0, 0.05) is 38.1 Å². The van der Waals surface area contributed by atoms with E-state index >= 15 is 0 Å². The first-order chi connectivity index (χ1) is 13.3. The molecular formula is C19H18Br4I2N2O. The highest BCUT2D eigenvalue weighted by atomic mass is 127. The monoisotopic (exact) mass is 860 g/mol. The van der Waals surface area contributed by atoms with Gasteiger partial charge < -0.3 is 14.5 Å². The Balaban J connectivity index is 2.02.